The lowest BCUT2D eigenvalue weighted by Gasteiger charge is -2.14. The first-order valence-electron chi connectivity index (χ1n) is 17.3. The highest BCUT2D eigenvalue weighted by Crippen LogP contribution is 2.43. The number of para-hydroxylation sites is 3. The normalized spacial score (nSPS) is 11.9. The molecule has 0 saturated heterocycles. The Morgan fingerprint density at radius 3 is 1.80 bits per heavy atom. The smallest absolute Gasteiger partial charge is 0.0730 e. The highest BCUT2D eigenvalue weighted by Gasteiger charge is 2.21. The molecule has 4 aromatic heterocycles. The fourth-order valence-corrected chi connectivity index (χ4v) is 9.15. The molecule has 3 nitrogen and oxygen atoms in total. The van der Waals surface area contributed by atoms with Crippen LogP contribution in [0.4, 0.5) is 0 Å². The van der Waals surface area contributed by atoms with Crippen molar-refractivity contribution in [2.45, 2.75) is 0 Å². The first-order chi connectivity index (χ1) is 25.3. The first-order valence-corrected chi connectivity index (χ1v) is 18.1. The van der Waals surface area contributed by atoms with Crippen molar-refractivity contribution in [2.75, 3.05) is 0 Å². The Bertz CT molecular complexity index is 3130. The lowest BCUT2D eigenvalue weighted by Crippen LogP contribution is -1.98. The molecule has 0 bridgehead atoms. The summed E-state index contributed by atoms with van der Waals surface area (Å²) in [6.45, 7) is 0. The molecular formula is C47H29N3S. The van der Waals surface area contributed by atoms with Crippen LogP contribution < -0.4 is 0 Å². The highest BCUT2D eigenvalue weighted by atomic mass is 32.1. The Labute approximate surface area is 297 Å². The van der Waals surface area contributed by atoms with Crippen molar-refractivity contribution in [3.63, 3.8) is 0 Å². The Hall–Kier alpha value is -6.49. The van der Waals surface area contributed by atoms with E-state index < -0.39 is 0 Å². The summed E-state index contributed by atoms with van der Waals surface area (Å²) >= 11 is 1.84. The van der Waals surface area contributed by atoms with Crippen molar-refractivity contribution >= 4 is 75.1 Å². The van der Waals surface area contributed by atoms with E-state index in [4.69, 9.17) is 4.98 Å². The molecule has 4 heteroatoms. The first kappa shape index (κ1) is 28.4. The monoisotopic (exact) mass is 667 g/mol. The summed E-state index contributed by atoms with van der Waals surface area (Å²) < 4.78 is 7.48. The fourth-order valence-electron chi connectivity index (χ4n) is 8.07. The van der Waals surface area contributed by atoms with Gasteiger partial charge in [-0.15, -0.1) is 11.3 Å². The summed E-state index contributed by atoms with van der Waals surface area (Å²) in [7, 11) is 0. The number of hydrogen-bond donors (Lipinski definition) is 0. The van der Waals surface area contributed by atoms with Crippen molar-refractivity contribution in [3.05, 3.63) is 176 Å². The molecule has 0 N–H and O–H groups in total. The van der Waals surface area contributed by atoms with Gasteiger partial charge >= 0.3 is 0 Å². The topological polar surface area (TPSA) is 22.8 Å². The van der Waals surface area contributed by atoms with Crippen LogP contribution >= 0.6 is 11.3 Å². The van der Waals surface area contributed by atoms with Gasteiger partial charge in [0.2, 0.25) is 0 Å². The highest BCUT2D eigenvalue weighted by molar-refractivity contribution is 7.25. The molecule has 0 radical (unpaired) electrons. The second kappa shape index (κ2) is 11.0. The largest absolute Gasteiger partial charge is 0.309 e. The Balaban J connectivity index is 1.24. The van der Waals surface area contributed by atoms with Crippen molar-refractivity contribution in [1.29, 1.82) is 0 Å². The van der Waals surface area contributed by atoms with Gasteiger partial charge in [0.1, 0.15) is 0 Å². The third-order valence-electron chi connectivity index (χ3n) is 10.3. The van der Waals surface area contributed by atoms with E-state index in [1.807, 2.05) is 11.3 Å². The zero-order valence-electron chi connectivity index (χ0n) is 27.5. The van der Waals surface area contributed by atoms with Crippen LogP contribution in [0.2, 0.25) is 0 Å². The minimum Gasteiger partial charge on any atom is -0.309 e. The minimum absolute atomic E-state index is 0.948. The van der Waals surface area contributed by atoms with E-state index in [1.54, 1.807) is 0 Å². The maximum atomic E-state index is 5.33. The van der Waals surface area contributed by atoms with E-state index in [-0.39, 0.29) is 0 Å². The maximum absolute atomic E-state index is 5.33. The third-order valence-corrected chi connectivity index (χ3v) is 11.4. The number of benzene rings is 7. The molecule has 0 spiro atoms. The van der Waals surface area contributed by atoms with Gasteiger partial charge in [0.25, 0.3) is 0 Å². The Morgan fingerprint density at radius 2 is 1.00 bits per heavy atom. The lowest BCUT2D eigenvalue weighted by atomic mass is 10.0. The minimum atomic E-state index is 0.948. The van der Waals surface area contributed by atoms with Crippen LogP contribution in [0.25, 0.3) is 97.7 Å². The average molecular weight is 668 g/mol. The third kappa shape index (κ3) is 4.27. The summed E-state index contributed by atoms with van der Waals surface area (Å²) in [5.41, 5.74) is 11.1. The van der Waals surface area contributed by atoms with Gasteiger partial charge in [0, 0.05) is 58.5 Å². The summed E-state index contributed by atoms with van der Waals surface area (Å²) in [6.07, 6.45) is 0. The molecule has 0 amide bonds. The van der Waals surface area contributed by atoms with Crippen LogP contribution in [0.5, 0.6) is 0 Å². The van der Waals surface area contributed by atoms with Gasteiger partial charge in [-0.1, -0.05) is 115 Å². The van der Waals surface area contributed by atoms with Crippen molar-refractivity contribution in [1.82, 2.24) is 14.1 Å². The molecule has 11 rings (SSSR count). The van der Waals surface area contributed by atoms with Gasteiger partial charge in [-0.25, -0.2) is 4.98 Å². The van der Waals surface area contributed by atoms with E-state index in [0.29, 0.717) is 0 Å². The standard InChI is InChI=1S/C47H29N3S/c1-3-13-30(14-4-1)39-28-33(29-40(48-39)31-23-26-45-38(27-31)35-18-9-12-22-44(35)51-45)49-42-21-11-8-19-37(42)46-43(49)25-24-36-34-17-7-10-20-41(34)50(47(36)46)32-15-5-2-6-16-32/h1-29H. The summed E-state index contributed by atoms with van der Waals surface area (Å²) in [4.78, 5) is 5.33. The molecule has 11 aromatic rings. The fraction of sp³-hybridized carbons (Fsp3) is 0. The predicted molar refractivity (Wildman–Crippen MR) is 217 cm³/mol. The molecule has 0 atom stereocenters. The van der Waals surface area contributed by atoms with Gasteiger partial charge in [0.15, 0.2) is 0 Å². The number of fused-ring (bicyclic) bond motifs is 10. The number of rotatable bonds is 4. The van der Waals surface area contributed by atoms with Gasteiger partial charge in [-0.2, -0.15) is 0 Å². The molecule has 0 aliphatic rings. The maximum Gasteiger partial charge on any atom is 0.0730 e. The zero-order chi connectivity index (χ0) is 33.5. The van der Waals surface area contributed by atoms with Gasteiger partial charge < -0.3 is 9.13 Å². The molecule has 238 valence electrons. The number of nitrogens with zero attached hydrogens (tertiary/aromatic N) is 3. The van der Waals surface area contributed by atoms with Gasteiger partial charge in [-0.05, 0) is 60.7 Å². The molecule has 7 aromatic carbocycles. The van der Waals surface area contributed by atoms with Crippen LogP contribution in [-0.2, 0) is 0 Å². The number of thiophene rings is 1. The van der Waals surface area contributed by atoms with Crippen molar-refractivity contribution in [3.8, 4) is 33.9 Å². The van der Waals surface area contributed by atoms with E-state index in [1.165, 1.54) is 63.8 Å². The summed E-state index contributed by atoms with van der Waals surface area (Å²) in [6, 6.07) is 63.5. The number of hydrogen-bond acceptors (Lipinski definition) is 2. The quantitative estimate of drug-likeness (QED) is 0.183. The molecule has 51 heavy (non-hydrogen) atoms. The van der Waals surface area contributed by atoms with Crippen LogP contribution in [0, 0.1) is 0 Å². The summed E-state index contributed by atoms with van der Waals surface area (Å²) in [5, 5.41) is 7.54. The number of pyridine rings is 1. The van der Waals surface area contributed by atoms with Gasteiger partial charge in [0.05, 0.1) is 39.1 Å². The van der Waals surface area contributed by atoms with Crippen LogP contribution in [0.1, 0.15) is 0 Å². The Kier molecular flexibility index (Phi) is 6.12. The van der Waals surface area contributed by atoms with Crippen LogP contribution in [-0.4, -0.2) is 14.1 Å². The van der Waals surface area contributed by atoms with E-state index in [9.17, 15) is 0 Å². The zero-order valence-corrected chi connectivity index (χ0v) is 28.3. The lowest BCUT2D eigenvalue weighted by molar-refractivity contribution is 1.16. The van der Waals surface area contributed by atoms with E-state index >= 15 is 0 Å². The van der Waals surface area contributed by atoms with Crippen molar-refractivity contribution < 1.29 is 0 Å². The molecule has 0 saturated carbocycles. The second-order valence-electron chi connectivity index (χ2n) is 13.2. The SMILES string of the molecule is c1ccc(-c2cc(-n3c4ccccc4c4c3ccc3c5ccccc5n(-c5ccccc5)c34)cc(-c3ccc4sc5ccccc5c4c3)n2)cc1. The van der Waals surface area contributed by atoms with Crippen LogP contribution in [0.15, 0.2) is 176 Å². The molecule has 0 fully saturated rings. The molecule has 4 heterocycles. The molecule has 0 aliphatic heterocycles. The molecular weight excluding hydrogens is 639 g/mol. The average Bonchev–Trinajstić information content (AvgIpc) is 3.86. The molecule has 0 aliphatic carbocycles. The predicted octanol–water partition coefficient (Wildman–Crippen LogP) is 13.0. The van der Waals surface area contributed by atoms with E-state index in [2.05, 4.69) is 185 Å². The van der Waals surface area contributed by atoms with Crippen molar-refractivity contribution in [2.24, 2.45) is 0 Å². The van der Waals surface area contributed by atoms with E-state index in [0.717, 1.165) is 33.9 Å². The Morgan fingerprint density at radius 1 is 0.373 bits per heavy atom. The summed E-state index contributed by atoms with van der Waals surface area (Å²) in [5.74, 6) is 0. The second-order valence-corrected chi connectivity index (χ2v) is 14.3. The van der Waals surface area contributed by atoms with Gasteiger partial charge in [-0.3, -0.25) is 0 Å². The number of aromatic nitrogens is 3. The molecule has 0 unspecified atom stereocenters. The van der Waals surface area contributed by atoms with Crippen LogP contribution in [0.3, 0.4) is 0 Å².